The van der Waals surface area contributed by atoms with Gasteiger partial charge in [-0.05, 0) is 157 Å². The van der Waals surface area contributed by atoms with Gasteiger partial charge in [-0.2, -0.15) is 0 Å². The SMILES string of the molecule is CC=Cc1ccc(-c2ccc(-c3ccc(CCCCC)cc3)cc2)cc1.CC=Cc1ccc(-c2ccc(OCCC)cc2)cc1.CC=Cc1ccc(CCCCC)cc1.CC=Cc1ccc(CCCCCCC)cc1. The van der Waals surface area contributed by atoms with Gasteiger partial charge >= 0.3 is 0 Å². The van der Waals surface area contributed by atoms with E-state index in [-0.39, 0.29) is 0 Å². The van der Waals surface area contributed by atoms with Crippen molar-refractivity contribution in [3.05, 3.63) is 233 Å². The minimum absolute atomic E-state index is 0.775. The van der Waals surface area contributed by atoms with E-state index in [1.54, 1.807) is 0 Å². The van der Waals surface area contributed by atoms with E-state index in [1.165, 1.54) is 162 Å². The highest BCUT2D eigenvalue weighted by molar-refractivity contribution is 5.71. The van der Waals surface area contributed by atoms with Crippen molar-refractivity contribution in [1.82, 2.24) is 0 Å². The quantitative estimate of drug-likeness (QED) is 0.0548. The molecule has 0 fully saturated rings. The Morgan fingerprint density at radius 1 is 0.267 bits per heavy atom. The average molecular weight is 998 g/mol. The maximum absolute atomic E-state index is 5.59. The Kier molecular flexibility index (Phi) is 30.8. The first-order chi connectivity index (χ1) is 36.9. The molecule has 1 heteroatoms. The third kappa shape index (κ3) is 24.5. The summed E-state index contributed by atoms with van der Waals surface area (Å²) in [5.74, 6) is 0.941. The molecular weight excluding hydrogens is 905 g/mol. The standard InChI is InChI=1S/C26H28.C18H20O.C16H24.C14H20/c1-3-5-6-8-22-11-15-24(16-12-22)26-19-17-25(18-20-26)23-13-9-21(7-4-2)10-14-23;1-3-5-15-6-8-16(9-7-15)17-10-12-18(13-11-17)19-14-4-2;1-3-5-6-7-8-10-16-13-11-15(9-4-2)12-14-16;1-3-5-6-8-14-11-9-13(7-4-2)10-12-14/h4,7,9-20H,3,5-6,8H2,1-2H3;3,5-13H,4,14H2,1-2H3;4,9,11-14H,3,5-8,10H2,1-2H3;4,7,9-12H,3,5-6,8H2,1-2H3. The van der Waals surface area contributed by atoms with Gasteiger partial charge in [0.25, 0.3) is 0 Å². The first kappa shape index (κ1) is 60.9. The number of hydrogen-bond donors (Lipinski definition) is 0. The van der Waals surface area contributed by atoms with E-state index in [2.05, 4.69) is 248 Å². The van der Waals surface area contributed by atoms with Gasteiger partial charge in [0.15, 0.2) is 0 Å². The number of aryl methyl sites for hydroxylation is 3. The normalized spacial score (nSPS) is 11.0. The van der Waals surface area contributed by atoms with Gasteiger partial charge in [0.1, 0.15) is 5.75 Å². The Morgan fingerprint density at radius 3 is 0.813 bits per heavy atom. The number of hydrogen-bond acceptors (Lipinski definition) is 1. The van der Waals surface area contributed by atoms with Gasteiger partial charge in [0, 0.05) is 0 Å². The molecule has 0 aromatic heterocycles. The minimum atomic E-state index is 0.775. The van der Waals surface area contributed by atoms with E-state index < -0.39 is 0 Å². The molecule has 7 aromatic carbocycles. The van der Waals surface area contributed by atoms with Gasteiger partial charge in [-0.25, -0.2) is 0 Å². The molecule has 0 saturated carbocycles. The Hall–Kier alpha value is -6.70. The molecule has 0 aliphatic rings. The Labute approximate surface area is 457 Å². The van der Waals surface area contributed by atoms with Gasteiger partial charge in [-0.3, -0.25) is 0 Å². The molecule has 0 amide bonds. The van der Waals surface area contributed by atoms with Gasteiger partial charge in [0.2, 0.25) is 0 Å². The molecule has 0 unspecified atom stereocenters. The van der Waals surface area contributed by atoms with Crippen LogP contribution in [0.5, 0.6) is 5.75 Å². The summed E-state index contributed by atoms with van der Waals surface area (Å²) in [5.41, 5.74) is 17.0. The van der Waals surface area contributed by atoms with E-state index >= 15 is 0 Å². The van der Waals surface area contributed by atoms with Crippen LogP contribution in [0.15, 0.2) is 194 Å². The predicted molar refractivity (Wildman–Crippen MR) is 336 cm³/mol. The van der Waals surface area contributed by atoms with E-state index in [4.69, 9.17) is 4.74 Å². The lowest BCUT2D eigenvalue weighted by molar-refractivity contribution is 0.317. The monoisotopic (exact) mass is 997 g/mol. The highest BCUT2D eigenvalue weighted by Gasteiger charge is 2.03. The zero-order valence-corrected chi connectivity index (χ0v) is 47.5. The van der Waals surface area contributed by atoms with E-state index in [0.717, 1.165) is 18.8 Å². The van der Waals surface area contributed by atoms with Crippen LogP contribution < -0.4 is 4.74 Å². The molecule has 0 saturated heterocycles. The molecule has 1 nitrogen and oxygen atoms in total. The summed E-state index contributed by atoms with van der Waals surface area (Å²) < 4.78 is 5.59. The van der Waals surface area contributed by atoms with Crippen LogP contribution in [-0.2, 0) is 19.3 Å². The second kappa shape index (κ2) is 37.9. The molecule has 0 spiro atoms. The summed E-state index contributed by atoms with van der Waals surface area (Å²) >= 11 is 0. The summed E-state index contributed by atoms with van der Waals surface area (Å²) in [6.07, 6.45) is 36.2. The van der Waals surface area contributed by atoms with E-state index in [9.17, 15) is 0 Å². The Bertz CT molecular complexity index is 2620. The number of unbranched alkanes of at least 4 members (excludes halogenated alkanes) is 8. The molecule has 75 heavy (non-hydrogen) atoms. The van der Waals surface area contributed by atoms with Crippen LogP contribution in [0.2, 0.25) is 0 Å². The van der Waals surface area contributed by atoms with Crippen LogP contribution in [0.25, 0.3) is 57.7 Å². The topological polar surface area (TPSA) is 9.23 Å². The second-order valence-corrected chi connectivity index (χ2v) is 19.5. The van der Waals surface area contributed by atoms with Crippen LogP contribution in [0, 0.1) is 0 Å². The third-order valence-electron chi connectivity index (χ3n) is 13.1. The van der Waals surface area contributed by atoms with Crippen molar-refractivity contribution in [3.8, 4) is 39.1 Å². The zero-order chi connectivity index (χ0) is 53.6. The smallest absolute Gasteiger partial charge is 0.119 e. The molecule has 0 aliphatic carbocycles. The van der Waals surface area contributed by atoms with Crippen molar-refractivity contribution in [2.75, 3.05) is 6.61 Å². The molecule has 0 N–H and O–H groups in total. The van der Waals surface area contributed by atoms with Gasteiger partial charge < -0.3 is 4.74 Å². The second-order valence-electron chi connectivity index (χ2n) is 19.5. The maximum atomic E-state index is 5.59. The van der Waals surface area contributed by atoms with Crippen molar-refractivity contribution in [3.63, 3.8) is 0 Å². The van der Waals surface area contributed by atoms with Crippen LogP contribution >= 0.6 is 0 Å². The van der Waals surface area contributed by atoms with Gasteiger partial charge in [0.05, 0.1) is 6.61 Å². The fraction of sp³-hybridized carbons (Fsp3) is 0.324. The van der Waals surface area contributed by atoms with Gasteiger partial charge in [-0.1, -0.05) is 285 Å². The lowest BCUT2D eigenvalue weighted by Gasteiger charge is -2.07. The number of allylic oxidation sites excluding steroid dienone is 4. The highest BCUT2D eigenvalue weighted by atomic mass is 16.5. The van der Waals surface area contributed by atoms with Crippen LogP contribution in [0.3, 0.4) is 0 Å². The molecule has 0 bridgehead atoms. The molecule has 7 rings (SSSR count). The van der Waals surface area contributed by atoms with E-state index in [1.807, 2.05) is 26.0 Å². The lowest BCUT2D eigenvalue weighted by Crippen LogP contribution is -1.94. The average Bonchev–Trinajstić information content (AvgIpc) is 3.45. The number of rotatable bonds is 24. The summed E-state index contributed by atoms with van der Waals surface area (Å²) in [5, 5.41) is 0. The van der Waals surface area contributed by atoms with Crippen molar-refractivity contribution in [2.24, 2.45) is 0 Å². The summed E-state index contributed by atoms with van der Waals surface area (Å²) in [4.78, 5) is 0. The lowest BCUT2D eigenvalue weighted by atomic mass is 9.98. The molecule has 0 radical (unpaired) electrons. The molecular formula is C74H92O. The number of ether oxygens (including phenoxy) is 1. The van der Waals surface area contributed by atoms with Crippen LogP contribution in [0.4, 0.5) is 0 Å². The zero-order valence-electron chi connectivity index (χ0n) is 47.5. The van der Waals surface area contributed by atoms with Crippen LogP contribution in [-0.4, -0.2) is 6.61 Å². The first-order valence-corrected chi connectivity index (χ1v) is 28.7. The third-order valence-corrected chi connectivity index (χ3v) is 13.1. The molecule has 394 valence electrons. The molecule has 0 atom stereocenters. The van der Waals surface area contributed by atoms with E-state index in [0.29, 0.717) is 0 Å². The van der Waals surface area contributed by atoms with Crippen molar-refractivity contribution in [1.29, 1.82) is 0 Å². The van der Waals surface area contributed by atoms with Gasteiger partial charge in [-0.15, -0.1) is 0 Å². The summed E-state index contributed by atoms with van der Waals surface area (Å²) in [7, 11) is 0. The Morgan fingerprint density at radius 2 is 0.507 bits per heavy atom. The largest absolute Gasteiger partial charge is 0.494 e. The summed E-state index contributed by atoms with van der Waals surface area (Å²) in [6, 6.07) is 61.3. The minimum Gasteiger partial charge on any atom is -0.494 e. The molecule has 7 aromatic rings. The maximum Gasteiger partial charge on any atom is 0.119 e. The molecule has 0 aliphatic heterocycles. The predicted octanol–water partition coefficient (Wildman–Crippen LogP) is 22.6. The summed E-state index contributed by atoms with van der Waals surface area (Å²) in [6.45, 7) is 17.8. The Balaban J connectivity index is 0.000000223. The van der Waals surface area contributed by atoms with Crippen molar-refractivity contribution >= 4 is 24.3 Å². The number of benzene rings is 7. The van der Waals surface area contributed by atoms with Crippen LogP contribution in [0.1, 0.15) is 171 Å². The first-order valence-electron chi connectivity index (χ1n) is 28.7. The fourth-order valence-corrected chi connectivity index (χ4v) is 8.71. The van der Waals surface area contributed by atoms with Crippen molar-refractivity contribution < 1.29 is 4.74 Å². The molecule has 0 heterocycles. The fourth-order valence-electron chi connectivity index (χ4n) is 8.71. The highest BCUT2D eigenvalue weighted by Crippen LogP contribution is 2.27. The van der Waals surface area contributed by atoms with Crippen molar-refractivity contribution in [2.45, 2.75) is 152 Å².